The molecular weight excluding hydrogens is 681 g/mol. The van der Waals surface area contributed by atoms with Crippen LogP contribution in [-0.4, -0.2) is 34.2 Å². The van der Waals surface area contributed by atoms with Crippen molar-refractivity contribution in [3.05, 3.63) is 74.7 Å². The molecule has 0 atom stereocenters. The van der Waals surface area contributed by atoms with Gasteiger partial charge in [0.2, 0.25) is 0 Å². The van der Waals surface area contributed by atoms with Crippen LogP contribution in [0.3, 0.4) is 0 Å². The van der Waals surface area contributed by atoms with Crippen molar-refractivity contribution in [3.8, 4) is 5.75 Å². The molecule has 10 nitrogen and oxygen atoms in total. The number of hydrogen-bond donors (Lipinski definition) is 2. The molecule has 0 unspecified atom stereocenters. The van der Waals surface area contributed by atoms with Gasteiger partial charge in [0.25, 0.3) is 20.0 Å². The number of nitrogens with zero attached hydrogens (tertiary/aromatic N) is 1. The van der Waals surface area contributed by atoms with Crippen LogP contribution in [0.5, 0.6) is 5.75 Å². The van der Waals surface area contributed by atoms with Crippen LogP contribution in [0.15, 0.2) is 64.4 Å². The van der Waals surface area contributed by atoms with Crippen LogP contribution in [0.25, 0.3) is 0 Å². The fourth-order valence-electron chi connectivity index (χ4n) is 3.38. The van der Waals surface area contributed by atoms with Gasteiger partial charge in [0.05, 0.1) is 38.4 Å². The zero-order valence-electron chi connectivity index (χ0n) is 21.9. The highest BCUT2D eigenvalue weighted by Crippen LogP contribution is 2.61. The van der Waals surface area contributed by atoms with Crippen molar-refractivity contribution in [1.29, 1.82) is 0 Å². The second-order valence-corrected chi connectivity index (χ2v) is 16.1. The molecular formula is C24H25Cl4N2O8PS2. The quantitative estimate of drug-likeness (QED) is 0.151. The Morgan fingerprint density at radius 1 is 0.780 bits per heavy atom. The molecule has 41 heavy (non-hydrogen) atoms. The highest BCUT2D eigenvalue weighted by atomic mass is 35.5. The third-order valence-corrected chi connectivity index (χ3v) is 12.5. The molecule has 0 aliphatic carbocycles. The Bertz CT molecular complexity index is 1670. The van der Waals surface area contributed by atoms with Crippen molar-refractivity contribution in [1.82, 2.24) is 0 Å². The number of anilines is 2. The van der Waals surface area contributed by atoms with E-state index in [9.17, 15) is 26.5 Å². The fourth-order valence-corrected chi connectivity index (χ4v) is 9.58. The van der Waals surface area contributed by atoms with E-state index < -0.39 is 67.2 Å². The maximum Gasteiger partial charge on any atom is 0.449 e. The molecule has 224 valence electrons. The topological polar surface area (TPSA) is 139 Å². The molecule has 3 aromatic rings. The summed E-state index contributed by atoms with van der Waals surface area (Å²) in [6, 6.07) is 10.8. The van der Waals surface area contributed by atoms with Gasteiger partial charge in [-0.1, -0.05) is 46.4 Å². The summed E-state index contributed by atoms with van der Waals surface area (Å²) < 4.78 is 82.3. The molecule has 3 rings (SSSR count). The normalized spacial score (nSPS) is 12.6. The first kappa shape index (κ1) is 33.8. The molecule has 0 saturated carbocycles. The van der Waals surface area contributed by atoms with Gasteiger partial charge in [-0.2, -0.15) is 4.08 Å². The zero-order chi connectivity index (χ0) is 30.9. The van der Waals surface area contributed by atoms with Gasteiger partial charge in [0.15, 0.2) is 5.75 Å². The molecule has 0 bridgehead atoms. The molecule has 0 heterocycles. The third-order valence-electron chi connectivity index (χ3n) is 4.99. The fraction of sp³-hybridized carbons (Fsp3) is 0.250. The van der Waals surface area contributed by atoms with E-state index in [4.69, 9.17) is 55.5 Å². The van der Waals surface area contributed by atoms with Crippen LogP contribution in [-0.2, 0) is 33.7 Å². The van der Waals surface area contributed by atoms with Gasteiger partial charge in [0.1, 0.15) is 5.02 Å². The van der Waals surface area contributed by atoms with E-state index in [0.29, 0.717) is 4.08 Å². The molecule has 0 saturated heterocycles. The van der Waals surface area contributed by atoms with Crippen molar-refractivity contribution < 1.29 is 35.6 Å². The lowest BCUT2D eigenvalue weighted by molar-refractivity contribution is 0.143. The third kappa shape index (κ3) is 7.62. The van der Waals surface area contributed by atoms with E-state index in [0.717, 1.165) is 18.2 Å². The highest BCUT2D eigenvalue weighted by molar-refractivity contribution is 7.99. The minimum Gasteiger partial charge on any atom is -0.504 e. The molecule has 0 aliphatic heterocycles. The van der Waals surface area contributed by atoms with Crippen molar-refractivity contribution in [2.24, 2.45) is 0 Å². The number of phenols is 1. The van der Waals surface area contributed by atoms with E-state index in [1.54, 1.807) is 0 Å². The number of phenolic OH excluding ortho intramolecular Hbond substituents is 1. The highest BCUT2D eigenvalue weighted by Gasteiger charge is 2.47. The molecule has 0 radical (unpaired) electrons. The van der Waals surface area contributed by atoms with Crippen LogP contribution in [0, 0.1) is 0 Å². The van der Waals surface area contributed by atoms with Crippen molar-refractivity contribution in [2.45, 2.75) is 49.7 Å². The standard InChI is InChI=1S/C24H25Cl4N2O8PS2/c1-14(2)37-39(32,38-15(3)4)30(41(35,36)19-11-7-17(26)8-12-19)21-13-20(24(31)23(28)22(21)27)29-40(33,34)18-9-5-16(25)6-10-18/h5-15,29,31H,1-4H3. The molecule has 0 aliphatic rings. The van der Waals surface area contributed by atoms with E-state index in [1.807, 2.05) is 0 Å². The Kier molecular flexibility index (Phi) is 10.6. The molecule has 0 fully saturated rings. The summed E-state index contributed by atoms with van der Waals surface area (Å²) in [5.41, 5.74) is -1.19. The van der Waals surface area contributed by atoms with Crippen LogP contribution < -0.4 is 8.80 Å². The van der Waals surface area contributed by atoms with E-state index >= 15 is 0 Å². The zero-order valence-corrected chi connectivity index (χ0v) is 27.4. The first-order valence-electron chi connectivity index (χ1n) is 11.7. The summed E-state index contributed by atoms with van der Waals surface area (Å²) in [6.07, 6.45) is -1.64. The Labute approximate surface area is 258 Å². The molecule has 17 heteroatoms. The lowest BCUT2D eigenvalue weighted by atomic mass is 10.2. The lowest BCUT2D eigenvalue weighted by Gasteiger charge is -2.34. The number of sulfonamides is 2. The predicted octanol–water partition coefficient (Wildman–Crippen LogP) is 7.96. The van der Waals surface area contributed by atoms with Gasteiger partial charge in [-0.3, -0.25) is 13.8 Å². The SMILES string of the molecule is CC(C)OP(=O)(OC(C)C)N(c1cc(NS(=O)(=O)c2ccc(Cl)cc2)c(O)c(Cl)c1Cl)S(=O)(=O)c1ccc(Cl)cc1. The minimum atomic E-state index is -4.86. The summed E-state index contributed by atoms with van der Waals surface area (Å²) in [7, 11) is -14.1. The van der Waals surface area contributed by atoms with Gasteiger partial charge in [-0.15, -0.1) is 0 Å². The van der Waals surface area contributed by atoms with Crippen LogP contribution in [0.2, 0.25) is 20.1 Å². The van der Waals surface area contributed by atoms with Gasteiger partial charge in [-0.25, -0.2) is 21.4 Å². The van der Waals surface area contributed by atoms with E-state index in [1.165, 1.54) is 64.1 Å². The van der Waals surface area contributed by atoms with Crippen molar-refractivity contribution in [3.63, 3.8) is 0 Å². The van der Waals surface area contributed by atoms with Crippen LogP contribution in [0.1, 0.15) is 27.7 Å². The Morgan fingerprint density at radius 2 is 1.22 bits per heavy atom. The second kappa shape index (κ2) is 12.9. The summed E-state index contributed by atoms with van der Waals surface area (Å²) in [5, 5.41) is 9.97. The molecule has 3 aromatic carbocycles. The van der Waals surface area contributed by atoms with Gasteiger partial charge < -0.3 is 5.11 Å². The lowest BCUT2D eigenvalue weighted by Crippen LogP contribution is -2.32. The molecule has 0 aromatic heterocycles. The van der Waals surface area contributed by atoms with Crippen molar-refractivity contribution in [2.75, 3.05) is 8.80 Å². The maximum absolute atomic E-state index is 14.4. The number of halogens is 4. The number of nitrogens with one attached hydrogen (secondary N) is 1. The molecule has 0 amide bonds. The Morgan fingerprint density at radius 3 is 1.66 bits per heavy atom. The van der Waals surface area contributed by atoms with E-state index in [-0.39, 0.29) is 19.8 Å². The Hall–Kier alpha value is -1.73. The largest absolute Gasteiger partial charge is 0.504 e. The average molecular weight is 706 g/mol. The summed E-state index contributed by atoms with van der Waals surface area (Å²) in [4.78, 5) is -0.623. The number of aromatic hydroxyl groups is 1. The summed E-state index contributed by atoms with van der Waals surface area (Å²) in [6.45, 7) is 6.00. The molecule has 2 N–H and O–H groups in total. The van der Waals surface area contributed by atoms with Gasteiger partial charge in [-0.05, 0) is 82.3 Å². The van der Waals surface area contributed by atoms with Gasteiger partial charge in [0, 0.05) is 10.0 Å². The smallest absolute Gasteiger partial charge is 0.449 e. The Balaban J connectivity index is 2.34. The number of rotatable bonds is 11. The number of benzene rings is 3. The summed E-state index contributed by atoms with van der Waals surface area (Å²) in [5.74, 6) is -0.828. The second-order valence-electron chi connectivity index (χ2n) is 8.96. The van der Waals surface area contributed by atoms with Crippen LogP contribution in [0.4, 0.5) is 11.4 Å². The minimum absolute atomic E-state index is 0.222. The van der Waals surface area contributed by atoms with Crippen molar-refractivity contribution >= 4 is 85.6 Å². The predicted molar refractivity (Wildman–Crippen MR) is 162 cm³/mol. The monoisotopic (exact) mass is 704 g/mol. The van der Waals surface area contributed by atoms with Crippen LogP contribution >= 0.6 is 54.2 Å². The first-order chi connectivity index (χ1) is 18.9. The maximum atomic E-state index is 14.4. The number of hydrogen-bond acceptors (Lipinski definition) is 8. The summed E-state index contributed by atoms with van der Waals surface area (Å²) >= 11 is 24.5. The van der Waals surface area contributed by atoms with Gasteiger partial charge >= 0.3 is 7.75 Å². The molecule has 0 spiro atoms. The first-order valence-corrected chi connectivity index (χ1v) is 17.6. The van der Waals surface area contributed by atoms with E-state index in [2.05, 4.69) is 4.72 Å². The average Bonchev–Trinajstić information content (AvgIpc) is 2.84.